The quantitative estimate of drug-likeness (QED) is 0.798. The summed E-state index contributed by atoms with van der Waals surface area (Å²) in [6, 6.07) is 6.78. The van der Waals surface area contributed by atoms with Crippen LogP contribution in [0.2, 0.25) is 0 Å². The number of nitrogens with one attached hydrogen (secondary N) is 1. The summed E-state index contributed by atoms with van der Waals surface area (Å²) in [6.45, 7) is 3.90. The molecule has 0 saturated heterocycles. The van der Waals surface area contributed by atoms with Gasteiger partial charge >= 0.3 is 5.97 Å². The molecule has 1 fully saturated rings. The van der Waals surface area contributed by atoms with Gasteiger partial charge in [-0.05, 0) is 44.4 Å². The number of hydrogen-bond acceptors (Lipinski definition) is 3. The van der Waals surface area contributed by atoms with E-state index in [9.17, 15) is 9.59 Å². The number of ether oxygens (including phenoxy) is 1. The molecular formula is C19H27NO4. The van der Waals surface area contributed by atoms with Crippen LogP contribution >= 0.6 is 0 Å². The molecule has 0 aromatic heterocycles. The summed E-state index contributed by atoms with van der Waals surface area (Å²) in [6.07, 6.45) is 5.07. The van der Waals surface area contributed by atoms with Crippen molar-refractivity contribution in [3.8, 4) is 5.75 Å². The molecule has 0 unspecified atom stereocenters. The third kappa shape index (κ3) is 5.55. The second-order valence-electron chi connectivity index (χ2n) is 6.73. The Labute approximate surface area is 143 Å². The van der Waals surface area contributed by atoms with E-state index >= 15 is 0 Å². The highest BCUT2D eigenvalue weighted by molar-refractivity contribution is 5.80. The average Bonchev–Trinajstić information content (AvgIpc) is 2.55. The third-order valence-corrected chi connectivity index (χ3v) is 4.33. The van der Waals surface area contributed by atoms with E-state index in [1.807, 2.05) is 38.1 Å². The van der Waals surface area contributed by atoms with Gasteiger partial charge in [0.2, 0.25) is 5.91 Å². The van der Waals surface area contributed by atoms with Crippen molar-refractivity contribution in [2.24, 2.45) is 5.92 Å². The molecule has 1 aliphatic carbocycles. The highest BCUT2D eigenvalue weighted by Gasteiger charge is 2.25. The molecule has 2 rings (SSSR count). The predicted octanol–water partition coefficient (Wildman–Crippen LogP) is 3.69. The molecule has 1 aromatic carbocycles. The number of carboxylic acids is 1. The molecule has 132 valence electrons. The van der Waals surface area contributed by atoms with Crippen LogP contribution in [-0.2, 0) is 9.59 Å². The van der Waals surface area contributed by atoms with Gasteiger partial charge in [0.25, 0.3) is 0 Å². The van der Waals surface area contributed by atoms with Crippen molar-refractivity contribution in [3.05, 3.63) is 29.8 Å². The lowest BCUT2D eigenvalue weighted by atomic mass is 9.88. The molecule has 0 spiro atoms. The first-order valence-electron chi connectivity index (χ1n) is 8.74. The summed E-state index contributed by atoms with van der Waals surface area (Å²) >= 11 is 0. The minimum atomic E-state index is -0.925. The third-order valence-electron chi connectivity index (χ3n) is 4.33. The van der Waals surface area contributed by atoms with Gasteiger partial charge in [-0.1, -0.05) is 31.4 Å². The molecular weight excluding hydrogens is 306 g/mol. The van der Waals surface area contributed by atoms with Gasteiger partial charge in [0.15, 0.2) is 0 Å². The number of aliphatic carboxylic acids is 1. The Morgan fingerprint density at radius 2 is 1.79 bits per heavy atom. The lowest BCUT2D eigenvalue weighted by Crippen LogP contribution is -2.35. The summed E-state index contributed by atoms with van der Waals surface area (Å²) in [5.74, 6) is -0.199. The molecule has 0 aliphatic heterocycles. The highest BCUT2D eigenvalue weighted by atomic mass is 16.5. The Morgan fingerprint density at radius 1 is 1.17 bits per heavy atom. The fraction of sp³-hybridized carbons (Fsp3) is 0.579. The molecule has 1 aliphatic rings. The van der Waals surface area contributed by atoms with Gasteiger partial charge in [0.1, 0.15) is 5.75 Å². The topological polar surface area (TPSA) is 75.6 Å². The second kappa shape index (κ2) is 8.71. The van der Waals surface area contributed by atoms with Crippen LogP contribution in [0.3, 0.4) is 0 Å². The molecule has 2 N–H and O–H groups in total. The number of rotatable bonds is 7. The lowest BCUT2D eigenvalue weighted by molar-refractivity contribution is -0.138. The highest BCUT2D eigenvalue weighted by Crippen LogP contribution is 2.26. The zero-order chi connectivity index (χ0) is 17.5. The number of amides is 1. The predicted molar refractivity (Wildman–Crippen MR) is 91.9 cm³/mol. The fourth-order valence-corrected chi connectivity index (χ4v) is 3.13. The summed E-state index contributed by atoms with van der Waals surface area (Å²) in [7, 11) is 0. The standard InChI is InChI=1S/C19H27NO4/c1-13(2)24-16-10-8-14(9-11-16)17(12-18(21)22)20-19(23)15-6-4-3-5-7-15/h8-11,13,15,17H,3-7,12H2,1-2H3,(H,20,23)(H,21,22)/t17-/m0/s1. The van der Waals surface area contributed by atoms with Gasteiger partial charge in [-0.3, -0.25) is 9.59 Å². The van der Waals surface area contributed by atoms with E-state index in [2.05, 4.69) is 5.32 Å². The van der Waals surface area contributed by atoms with Gasteiger partial charge in [0, 0.05) is 5.92 Å². The minimum absolute atomic E-state index is 0.0126. The maximum atomic E-state index is 12.4. The molecule has 1 saturated carbocycles. The van der Waals surface area contributed by atoms with Crippen LogP contribution in [0.4, 0.5) is 0 Å². The van der Waals surface area contributed by atoms with Crippen LogP contribution in [0, 0.1) is 5.92 Å². The van der Waals surface area contributed by atoms with Crippen molar-refractivity contribution in [1.29, 1.82) is 0 Å². The summed E-state index contributed by atoms with van der Waals surface area (Å²) in [5, 5.41) is 12.1. The number of carbonyl (C=O) groups is 2. The first-order valence-corrected chi connectivity index (χ1v) is 8.74. The molecule has 1 atom stereocenters. The van der Waals surface area contributed by atoms with Crippen molar-refractivity contribution in [3.63, 3.8) is 0 Å². The second-order valence-corrected chi connectivity index (χ2v) is 6.73. The summed E-state index contributed by atoms with van der Waals surface area (Å²) in [4.78, 5) is 23.6. The molecule has 1 aromatic rings. The van der Waals surface area contributed by atoms with Crippen LogP contribution in [0.5, 0.6) is 5.75 Å². The van der Waals surface area contributed by atoms with Crippen LogP contribution in [0.25, 0.3) is 0 Å². The molecule has 1 amide bonds. The van der Waals surface area contributed by atoms with E-state index in [4.69, 9.17) is 9.84 Å². The Hall–Kier alpha value is -2.04. The van der Waals surface area contributed by atoms with E-state index in [0.29, 0.717) is 0 Å². The Kier molecular flexibility index (Phi) is 6.64. The Balaban J connectivity index is 2.06. The summed E-state index contributed by atoms with van der Waals surface area (Å²) in [5.41, 5.74) is 0.790. The van der Waals surface area contributed by atoms with E-state index in [-0.39, 0.29) is 24.3 Å². The van der Waals surface area contributed by atoms with Gasteiger partial charge in [-0.25, -0.2) is 0 Å². The Bertz CT molecular complexity index is 547. The lowest BCUT2D eigenvalue weighted by Gasteiger charge is -2.24. The number of carboxylic acid groups (broad SMARTS) is 1. The summed E-state index contributed by atoms with van der Waals surface area (Å²) < 4.78 is 5.60. The van der Waals surface area contributed by atoms with Crippen molar-refractivity contribution in [1.82, 2.24) is 5.32 Å². The largest absolute Gasteiger partial charge is 0.491 e. The SMILES string of the molecule is CC(C)Oc1ccc([C@H](CC(=O)O)NC(=O)C2CCCCC2)cc1. The van der Waals surface area contributed by atoms with Gasteiger partial charge < -0.3 is 15.2 Å². The number of hydrogen-bond donors (Lipinski definition) is 2. The first-order chi connectivity index (χ1) is 11.5. The fourth-order valence-electron chi connectivity index (χ4n) is 3.13. The van der Waals surface area contributed by atoms with Crippen molar-refractivity contribution in [2.75, 3.05) is 0 Å². The molecule has 0 bridgehead atoms. The van der Waals surface area contributed by atoms with Crippen LogP contribution in [0.15, 0.2) is 24.3 Å². The number of carbonyl (C=O) groups excluding carboxylic acids is 1. The first kappa shape index (κ1) is 18.3. The molecule has 5 nitrogen and oxygen atoms in total. The van der Waals surface area contributed by atoms with Gasteiger partial charge in [0.05, 0.1) is 18.6 Å². The van der Waals surface area contributed by atoms with Crippen molar-refractivity contribution in [2.45, 2.75) is 64.5 Å². The van der Waals surface area contributed by atoms with Crippen molar-refractivity contribution < 1.29 is 19.4 Å². The minimum Gasteiger partial charge on any atom is -0.491 e. The molecule has 0 radical (unpaired) electrons. The van der Waals surface area contributed by atoms with Crippen molar-refractivity contribution >= 4 is 11.9 Å². The van der Waals surface area contributed by atoms with Gasteiger partial charge in [-0.15, -0.1) is 0 Å². The zero-order valence-corrected chi connectivity index (χ0v) is 14.5. The maximum Gasteiger partial charge on any atom is 0.305 e. The smallest absolute Gasteiger partial charge is 0.305 e. The van der Waals surface area contributed by atoms with E-state index in [0.717, 1.165) is 37.0 Å². The van der Waals surface area contributed by atoms with Crippen LogP contribution in [-0.4, -0.2) is 23.1 Å². The van der Waals surface area contributed by atoms with Gasteiger partial charge in [-0.2, -0.15) is 0 Å². The van der Waals surface area contributed by atoms with E-state index in [1.165, 1.54) is 6.42 Å². The van der Waals surface area contributed by atoms with Crippen LogP contribution < -0.4 is 10.1 Å². The van der Waals surface area contributed by atoms with E-state index in [1.54, 1.807) is 0 Å². The molecule has 24 heavy (non-hydrogen) atoms. The normalized spacial score (nSPS) is 16.6. The molecule has 5 heteroatoms. The molecule has 0 heterocycles. The van der Waals surface area contributed by atoms with Crippen LogP contribution in [0.1, 0.15) is 64.0 Å². The zero-order valence-electron chi connectivity index (χ0n) is 14.5. The average molecular weight is 333 g/mol. The maximum absolute atomic E-state index is 12.4. The number of benzene rings is 1. The monoisotopic (exact) mass is 333 g/mol. The van der Waals surface area contributed by atoms with E-state index < -0.39 is 12.0 Å². The Morgan fingerprint density at radius 3 is 2.33 bits per heavy atom.